The van der Waals surface area contributed by atoms with Crippen molar-refractivity contribution in [3.8, 4) is 6.07 Å². The first-order valence-corrected chi connectivity index (χ1v) is 6.57. The molecule has 1 aromatic rings. The molecule has 0 amide bonds. The van der Waals surface area contributed by atoms with Gasteiger partial charge in [-0.3, -0.25) is 4.90 Å². The summed E-state index contributed by atoms with van der Waals surface area (Å²) in [5, 5.41) is 18.9. The van der Waals surface area contributed by atoms with Crippen molar-refractivity contribution in [3.05, 3.63) is 29.8 Å². The second kappa shape index (κ2) is 5.20. The number of hydrogen-bond acceptors (Lipinski definition) is 4. The van der Waals surface area contributed by atoms with Crippen LogP contribution in [0.15, 0.2) is 24.3 Å². The van der Waals surface area contributed by atoms with Crippen molar-refractivity contribution in [3.63, 3.8) is 0 Å². The second-order valence-corrected chi connectivity index (χ2v) is 5.79. The van der Waals surface area contributed by atoms with Crippen molar-refractivity contribution >= 4 is 5.69 Å². The van der Waals surface area contributed by atoms with Gasteiger partial charge in [-0.2, -0.15) is 5.26 Å². The Hall–Kier alpha value is -1.57. The fourth-order valence-corrected chi connectivity index (χ4v) is 2.59. The van der Waals surface area contributed by atoms with Gasteiger partial charge in [0.25, 0.3) is 0 Å². The maximum Gasteiger partial charge on any atom is 0.101 e. The first kappa shape index (κ1) is 13.9. The number of hydrogen-bond donors (Lipinski definition) is 1. The smallest absolute Gasteiger partial charge is 0.101 e. The molecule has 0 saturated carbocycles. The summed E-state index contributed by atoms with van der Waals surface area (Å²) in [5.41, 5.74) is 1.61. The fourth-order valence-electron chi connectivity index (χ4n) is 2.59. The van der Waals surface area contributed by atoms with E-state index in [9.17, 15) is 10.4 Å². The quantitative estimate of drug-likeness (QED) is 0.873. The van der Waals surface area contributed by atoms with Crippen molar-refractivity contribution in [1.29, 1.82) is 5.26 Å². The molecule has 1 fully saturated rings. The van der Waals surface area contributed by atoms with Gasteiger partial charge >= 0.3 is 0 Å². The largest absolute Gasteiger partial charge is 0.394 e. The van der Waals surface area contributed by atoms with Crippen LogP contribution in [0.2, 0.25) is 0 Å². The molecule has 4 nitrogen and oxygen atoms in total. The minimum Gasteiger partial charge on any atom is -0.394 e. The average molecular weight is 259 g/mol. The predicted molar refractivity (Wildman–Crippen MR) is 76.1 cm³/mol. The lowest BCUT2D eigenvalue weighted by molar-refractivity contribution is 0.0932. The Morgan fingerprint density at radius 3 is 2.74 bits per heavy atom. The molecule has 4 heteroatoms. The minimum absolute atomic E-state index is 0.0221. The van der Waals surface area contributed by atoms with Gasteiger partial charge in [0.05, 0.1) is 23.9 Å². The molecule has 1 aromatic carbocycles. The van der Waals surface area contributed by atoms with E-state index in [2.05, 4.69) is 36.8 Å². The Kier molecular flexibility index (Phi) is 3.79. The fraction of sp³-hybridized carbons (Fsp3) is 0.533. The Bertz CT molecular complexity index is 492. The highest BCUT2D eigenvalue weighted by molar-refractivity contribution is 5.60. The summed E-state index contributed by atoms with van der Waals surface area (Å²) >= 11 is 0. The monoisotopic (exact) mass is 259 g/mol. The number of benzene rings is 1. The molecule has 0 aliphatic carbocycles. The van der Waals surface area contributed by atoms with E-state index in [1.54, 1.807) is 0 Å². The van der Waals surface area contributed by atoms with E-state index < -0.39 is 0 Å². The molecule has 1 atom stereocenters. The molecule has 0 radical (unpaired) electrons. The standard InChI is InChI=1S/C15H21N3O/c1-15(2)11-18(13(10-19)9-17(15)3)14-7-5-4-6-12(14)8-16/h4-7,13,19H,9-11H2,1-3H3. The van der Waals surface area contributed by atoms with Crippen LogP contribution < -0.4 is 4.90 Å². The molecule has 1 heterocycles. The SMILES string of the molecule is CN1CC(CO)N(c2ccccc2C#N)CC1(C)C. The maximum absolute atomic E-state index is 9.62. The van der Waals surface area contributed by atoms with E-state index >= 15 is 0 Å². The molecule has 1 unspecified atom stereocenters. The summed E-state index contributed by atoms with van der Waals surface area (Å²) < 4.78 is 0. The van der Waals surface area contributed by atoms with Gasteiger partial charge < -0.3 is 10.0 Å². The molecule has 1 aliphatic rings. The van der Waals surface area contributed by atoms with Gasteiger partial charge in [0.15, 0.2) is 0 Å². The van der Waals surface area contributed by atoms with Gasteiger partial charge in [-0.15, -0.1) is 0 Å². The van der Waals surface area contributed by atoms with Crippen molar-refractivity contribution in [2.45, 2.75) is 25.4 Å². The van der Waals surface area contributed by atoms with E-state index in [1.165, 1.54) is 0 Å². The third-order valence-corrected chi connectivity index (χ3v) is 4.06. The highest BCUT2D eigenvalue weighted by atomic mass is 16.3. The summed E-state index contributed by atoms with van der Waals surface area (Å²) in [6.07, 6.45) is 0. The number of piperazine rings is 1. The summed E-state index contributed by atoms with van der Waals surface area (Å²) in [7, 11) is 2.08. The molecule has 102 valence electrons. The van der Waals surface area contributed by atoms with Crippen LogP contribution in [0.1, 0.15) is 19.4 Å². The van der Waals surface area contributed by atoms with Gasteiger partial charge in [0.1, 0.15) is 6.07 Å². The van der Waals surface area contributed by atoms with Crippen LogP contribution >= 0.6 is 0 Å². The van der Waals surface area contributed by atoms with Crippen molar-refractivity contribution in [2.75, 3.05) is 31.6 Å². The van der Waals surface area contributed by atoms with Crippen molar-refractivity contribution < 1.29 is 5.11 Å². The van der Waals surface area contributed by atoms with E-state index in [4.69, 9.17) is 0 Å². The highest BCUT2D eigenvalue weighted by Crippen LogP contribution is 2.29. The zero-order valence-electron chi connectivity index (χ0n) is 11.8. The lowest BCUT2D eigenvalue weighted by atomic mass is 9.95. The first-order valence-electron chi connectivity index (χ1n) is 6.57. The Labute approximate surface area is 114 Å². The Morgan fingerprint density at radius 1 is 1.42 bits per heavy atom. The van der Waals surface area contributed by atoms with Gasteiger partial charge in [0.2, 0.25) is 0 Å². The zero-order chi connectivity index (χ0) is 14.0. The van der Waals surface area contributed by atoms with Gasteiger partial charge in [0, 0.05) is 18.6 Å². The van der Waals surface area contributed by atoms with E-state index in [1.807, 2.05) is 24.3 Å². The molecule has 0 aromatic heterocycles. The predicted octanol–water partition coefficient (Wildman–Crippen LogP) is 1.45. The molecule has 2 rings (SSSR count). The summed E-state index contributed by atoms with van der Waals surface area (Å²) in [6, 6.07) is 9.88. The molecular formula is C15H21N3O. The van der Waals surface area contributed by atoms with Crippen LogP contribution in [-0.4, -0.2) is 48.3 Å². The topological polar surface area (TPSA) is 50.5 Å². The zero-order valence-corrected chi connectivity index (χ0v) is 11.8. The molecule has 1 aliphatic heterocycles. The molecule has 1 N–H and O–H groups in total. The van der Waals surface area contributed by atoms with Crippen LogP contribution in [0.4, 0.5) is 5.69 Å². The number of rotatable bonds is 2. The van der Waals surface area contributed by atoms with Crippen LogP contribution in [-0.2, 0) is 0 Å². The van der Waals surface area contributed by atoms with Crippen LogP contribution in [0.25, 0.3) is 0 Å². The highest BCUT2D eigenvalue weighted by Gasteiger charge is 2.37. The third kappa shape index (κ3) is 2.58. The lowest BCUT2D eigenvalue weighted by Crippen LogP contribution is -2.63. The van der Waals surface area contributed by atoms with E-state index in [0.717, 1.165) is 18.8 Å². The van der Waals surface area contributed by atoms with Crippen LogP contribution in [0, 0.1) is 11.3 Å². The lowest BCUT2D eigenvalue weighted by Gasteiger charge is -2.50. The van der Waals surface area contributed by atoms with Crippen molar-refractivity contribution in [1.82, 2.24) is 4.90 Å². The normalized spacial score (nSPS) is 23.1. The van der Waals surface area contributed by atoms with Gasteiger partial charge in [-0.05, 0) is 33.0 Å². The molecule has 19 heavy (non-hydrogen) atoms. The maximum atomic E-state index is 9.62. The number of anilines is 1. The van der Waals surface area contributed by atoms with Crippen LogP contribution in [0.3, 0.4) is 0 Å². The molecule has 0 spiro atoms. The Morgan fingerprint density at radius 2 is 2.11 bits per heavy atom. The Balaban J connectivity index is 2.38. The molecule has 1 saturated heterocycles. The minimum atomic E-state index is 0.0221. The number of likely N-dealkylation sites (N-methyl/N-ethyl adjacent to an activating group) is 1. The van der Waals surface area contributed by atoms with Gasteiger partial charge in [-0.25, -0.2) is 0 Å². The van der Waals surface area contributed by atoms with Crippen LogP contribution in [0.5, 0.6) is 0 Å². The average Bonchev–Trinajstić information content (AvgIpc) is 2.41. The number of nitrogens with zero attached hydrogens (tertiary/aromatic N) is 3. The number of aliphatic hydroxyl groups is 1. The van der Waals surface area contributed by atoms with Gasteiger partial charge in [-0.1, -0.05) is 12.1 Å². The number of para-hydroxylation sites is 1. The van der Waals surface area contributed by atoms with E-state index in [0.29, 0.717) is 5.56 Å². The first-order chi connectivity index (χ1) is 8.99. The number of aliphatic hydroxyl groups excluding tert-OH is 1. The third-order valence-electron chi connectivity index (χ3n) is 4.06. The second-order valence-electron chi connectivity index (χ2n) is 5.79. The van der Waals surface area contributed by atoms with E-state index in [-0.39, 0.29) is 18.2 Å². The molecular weight excluding hydrogens is 238 g/mol. The van der Waals surface area contributed by atoms with Crippen molar-refractivity contribution in [2.24, 2.45) is 0 Å². The molecule has 0 bridgehead atoms. The summed E-state index contributed by atoms with van der Waals surface area (Å²) in [4.78, 5) is 4.43. The number of nitriles is 1. The summed E-state index contributed by atoms with van der Waals surface area (Å²) in [6.45, 7) is 6.06. The summed E-state index contributed by atoms with van der Waals surface area (Å²) in [5.74, 6) is 0.